The van der Waals surface area contributed by atoms with Crippen molar-refractivity contribution in [2.75, 3.05) is 0 Å². The van der Waals surface area contributed by atoms with Gasteiger partial charge in [-0.25, -0.2) is 0 Å². The zero-order valence-corrected chi connectivity index (χ0v) is 14.3. The third kappa shape index (κ3) is 4.30. The number of halogens is 2. The predicted octanol–water partition coefficient (Wildman–Crippen LogP) is 4.12. The molecular weight excluding hydrogens is 309 g/mol. The van der Waals surface area contributed by atoms with Crippen LogP contribution in [0.1, 0.15) is 57.3 Å². The molecule has 0 atom stereocenters. The molecule has 0 aromatic carbocycles. The summed E-state index contributed by atoms with van der Waals surface area (Å²) in [6.45, 7) is 8.96. The first-order valence-corrected chi connectivity index (χ1v) is 7.83. The van der Waals surface area contributed by atoms with Crippen molar-refractivity contribution in [1.29, 1.82) is 0 Å². The molecule has 0 saturated heterocycles. The van der Waals surface area contributed by atoms with Crippen LogP contribution in [-0.4, -0.2) is 22.1 Å². The monoisotopic (exact) mass is 329 g/mol. The minimum Gasteiger partial charge on any atom is -0.349 e. The molecule has 2 rings (SSSR count). The highest BCUT2D eigenvalue weighted by Crippen LogP contribution is 2.45. The number of hydrogen-bond donors (Lipinski definition) is 1. The number of carbonyl (C=O) groups is 1. The zero-order valence-electron chi connectivity index (χ0n) is 12.8. The molecule has 1 N–H and O–H groups in total. The molecule has 0 bridgehead atoms. The van der Waals surface area contributed by atoms with Gasteiger partial charge >= 0.3 is 0 Å². The van der Waals surface area contributed by atoms with Crippen molar-refractivity contribution < 1.29 is 4.79 Å². The van der Waals surface area contributed by atoms with Crippen LogP contribution in [0.4, 0.5) is 0 Å². The van der Waals surface area contributed by atoms with E-state index in [1.165, 1.54) is 6.07 Å². The van der Waals surface area contributed by atoms with Gasteiger partial charge in [-0.05, 0) is 36.2 Å². The Morgan fingerprint density at radius 1 is 1.19 bits per heavy atom. The lowest BCUT2D eigenvalue weighted by molar-refractivity contribution is 0.0713. The maximum absolute atomic E-state index is 12.4. The molecule has 0 spiro atoms. The van der Waals surface area contributed by atoms with Crippen LogP contribution < -0.4 is 5.32 Å². The van der Waals surface area contributed by atoms with Crippen molar-refractivity contribution in [3.8, 4) is 0 Å². The first-order chi connectivity index (χ1) is 9.58. The van der Waals surface area contributed by atoms with Crippen LogP contribution in [0, 0.1) is 10.8 Å². The minimum absolute atomic E-state index is 0.0752. The maximum Gasteiger partial charge on any atom is 0.254 e. The lowest BCUT2D eigenvalue weighted by Crippen LogP contribution is -2.46. The van der Waals surface area contributed by atoms with E-state index >= 15 is 0 Å². The van der Waals surface area contributed by atoms with Crippen LogP contribution in [0.15, 0.2) is 6.07 Å². The van der Waals surface area contributed by atoms with Crippen LogP contribution >= 0.6 is 23.2 Å². The molecule has 1 fully saturated rings. The number of amides is 1. The van der Waals surface area contributed by atoms with E-state index in [0.717, 1.165) is 19.3 Å². The van der Waals surface area contributed by atoms with Crippen LogP contribution in [0.25, 0.3) is 0 Å². The van der Waals surface area contributed by atoms with Gasteiger partial charge in [0, 0.05) is 6.04 Å². The van der Waals surface area contributed by atoms with Gasteiger partial charge in [-0.3, -0.25) is 4.79 Å². The van der Waals surface area contributed by atoms with Gasteiger partial charge in [0.1, 0.15) is 0 Å². The topological polar surface area (TPSA) is 54.9 Å². The second kappa shape index (κ2) is 5.73. The molecule has 0 unspecified atom stereocenters. The number of aromatic nitrogens is 2. The molecule has 116 valence electrons. The Bertz CT molecular complexity index is 542. The second-order valence-corrected chi connectivity index (χ2v) is 8.20. The average Bonchev–Trinajstić information content (AvgIpc) is 2.27. The van der Waals surface area contributed by atoms with Gasteiger partial charge in [0.05, 0.1) is 5.56 Å². The Labute approximate surface area is 135 Å². The normalized spacial score (nSPS) is 21.0. The van der Waals surface area contributed by atoms with E-state index in [0.29, 0.717) is 0 Å². The molecule has 1 saturated carbocycles. The average molecular weight is 330 g/mol. The van der Waals surface area contributed by atoms with Crippen molar-refractivity contribution in [2.24, 2.45) is 10.8 Å². The molecule has 1 aliphatic carbocycles. The number of hydrogen-bond acceptors (Lipinski definition) is 3. The van der Waals surface area contributed by atoms with E-state index in [2.05, 4.69) is 43.2 Å². The van der Waals surface area contributed by atoms with Crippen LogP contribution in [0.3, 0.4) is 0 Å². The van der Waals surface area contributed by atoms with Gasteiger partial charge in [-0.1, -0.05) is 50.9 Å². The summed E-state index contributed by atoms with van der Waals surface area (Å²) < 4.78 is 0. The second-order valence-electron chi connectivity index (χ2n) is 7.46. The lowest BCUT2D eigenvalue weighted by atomic mass is 9.63. The van der Waals surface area contributed by atoms with Crippen LogP contribution in [0.2, 0.25) is 10.3 Å². The highest BCUT2D eigenvalue weighted by Gasteiger charge is 2.39. The van der Waals surface area contributed by atoms with Gasteiger partial charge in [-0.15, -0.1) is 10.2 Å². The molecule has 4 nitrogen and oxygen atoms in total. The summed E-state index contributed by atoms with van der Waals surface area (Å²) in [6.07, 6.45) is 3.05. The van der Waals surface area contributed by atoms with Crippen LogP contribution in [-0.2, 0) is 0 Å². The Kier molecular flexibility index (Phi) is 4.50. The van der Waals surface area contributed by atoms with Crippen molar-refractivity contribution in [1.82, 2.24) is 15.5 Å². The van der Waals surface area contributed by atoms with Gasteiger partial charge in [0.15, 0.2) is 10.3 Å². The van der Waals surface area contributed by atoms with Gasteiger partial charge in [0.25, 0.3) is 5.91 Å². The van der Waals surface area contributed by atoms with Crippen molar-refractivity contribution >= 4 is 29.1 Å². The summed E-state index contributed by atoms with van der Waals surface area (Å²) in [5.41, 5.74) is 0.688. The van der Waals surface area contributed by atoms with E-state index in [1.54, 1.807) is 0 Å². The third-order valence-electron chi connectivity index (χ3n) is 3.85. The molecule has 0 aliphatic heterocycles. The Morgan fingerprint density at radius 3 is 2.33 bits per heavy atom. The molecular formula is C15H21Cl2N3O. The Hall–Kier alpha value is -0.870. The summed E-state index contributed by atoms with van der Waals surface area (Å²) in [7, 11) is 0. The lowest BCUT2D eigenvalue weighted by Gasteiger charge is -2.45. The van der Waals surface area contributed by atoms with Gasteiger partial charge in [-0.2, -0.15) is 0 Å². The maximum atomic E-state index is 12.4. The first kappa shape index (κ1) is 16.5. The smallest absolute Gasteiger partial charge is 0.254 e. The first-order valence-electron chi connectivity index (χ1n) is 7.08. The summed E-state index contributed by atoms with van der Waals surface area (Å²) in [5.74, 6) is -0.240. The quantitative estimate of drug-likeness (QED) is 0.887. The molecule has 1 heterocycles. The fourth-order valence-electron chi connectivity index (χ4n) is 3.72. The van der Waals surface area contributed by atoms with Gasteiger partial charge in [0.2, 0.25) is 0 Å². The molecule has 6 heteroatoms. The van der Waals surface area contributed by atoms with E-state index in [9.17, 15) is 4.79 Å². The number of nitrogens with zero attached hydrogens (tertiary/aromatic N) is 2. The number of nitrogens with one attached hydrogen (secondary N) is 1. The van der Waals surface area contributed by atoms with E-state index in [1.807, 2.05) is 0 Å². The Morgan fingerprint density at radius 2 is 1.76 bits per heavy atom. The van der Waals surface area contributed by atoms with Crippen molar-refractivity contribution in [3.63, 3.8) is 0 Å². The molecule has 1 aromatic heterocycles. The Balaban J connectivity index is 2.14. The molecule has 0 radical (unpaired) electrons. The largest absolute Gasteiger partial charge is 0.349 e. The third-order valence-corrected chi connectivity index (χ3v) is 4.32. The predicted molar refractivity (Wildman–Crippen MR) is 84.7 cm³/mol. The SMILES string of the molecule is CC1(C)CC(NC(=O)c2cc(Cl)nnc2Cl)CC(C)(C)C1. The van der Waals surface area contributed by atoms with Crippen molar-refractivity contribution in [3.05, 3.63) is 21.9 Å². The molecule has 1 amide bonds. The van der Waals surface area contributed by atoms with Crippen molar-refractivity contribution in [2.45, 2.75) is 53.0 Å². The highest BCUT2D eigenvalue weighted by atomic mass is 35.5. The molecule has 21 heavy (non-hydrogen) atoms. The number of carbonyl (C=O) groups excluding carboxylic acids is 1. The van der Waals surface area contributed by atoms with E-state index in [4.69, 9.17) is 23.2 Å². The van der Waals surface area contributed by atoms with E-state index in [-0.39, 0.29) is 38.6 Å². The highest BCUT2D eigenvalue weighted by molar-refractivity contribution is 6.34. The molecule has 1 aromatic rings. The fourth-order valence-corrected chi connectivity index (χ4v) is 4.05. The van der Waals surface area contributed by atoms with Gasteiger partial charge < -0.3 is 5.32 Å². The minimum atomic E-state index is -0.240. The standard InChI is InChI=1S/C15H21Cl2N3O/c1-14(2)6-9(7-15(3,4)8-14)18-13(21)10-5-11(16)19-20-12(10)17/h5,9H,6-8H2,1-4H3,(H,18,21). The fraction of sp³-hybridized carbons (Fsp3) is 0.667. The summed E-state index contributed by atoms with van der Waals surface area (Å²) in [6, 6.07) is 1.57. The van der Waals surface area contributed by atoms with Crippen LogP contribution in [0.5, 0.6) is 0 Å². The number of rotatable bonds is 2. The zero-order chi connectivity index (χ0) is 15.8. The van der Waals surface area contributed by atoms with E-state index < -0.39 is 0 Å². The molecule has 1 aliphatic rings. The summed E-state index contributed by atoms with van der Waals surface area (Å²) in [4.78, 5) is 12.4. The summed E-state index contributed by atoms with van der Waals surface area (Å²) in [5, 5.41) is 10.6. The summed E-state index contributed by atoms with van der Waals surface area (Å²) >= 11 is 11.7.